The van der Waals surface area contributed by atoms with E-state index in [1.165, 1.54) is 19.2 Å². The summed E-state index contributed by atoms with van der Waals surface area (Å²) in [6, 6.07) is 4.70. The molecule has 0 spiro atoms. The van der Waals surface area contributed by atoms with Gasteiger partial charge in [-0.2, -0.15) is 0 Å². The van der Waals surface area contributed by atoms with Gasteiger partial charge in [0, 0.05) is 17.9 Å². The number of hydrogen-bond donors (Lipinski definition) is 0. The second-order valence-corrected chi connectivity index (χ2v) is 3.79. The van der Waals surface area contributed by atoms with Crippen LogP contribution < -0.4 is 4.74 Å². The highest BCUT2D eigenvalue weighted by atomic mass is 16.6. The molecule has 5 nitrogen and oxygen atoms in total. The highest BCUT2D eigenvalue weighted by Gasteiger charge is 2.15. The van der Waals surface area contributed by atoms with Crippen LogP contribution in [0.4, 0.5) is 5.69 Å². The van der Waals surface area contributed by atoms with Crippen molar-refractivity contribution < 1.29 is 14.1 Å². The summed E-state index contributed by atoms with van der Waals surface area (Å²) in [5.41, 5.74) is 0.583. The first-order valence-electron chi connectivity index (χ1n) is 5.40. The molecule has 0 saturated carbocycles. The molecule has 0 aliphatic carbocycles. The molecule has 1 aromatic heterocycles. The lowest BCUT2D eigenvalue weighted by molar-refractivity contribution is -0.384. The van der Waals surface area contributed by atoms with Crippen molar-refractivity contribution in [3.63, 3.8) is 0 Å². The number of nitro benzene ring substituents is 1. The number of non-ortho nitro benzene ring substituents is 1. The zero-order valence-corrected chi connectivity index (χ0v) is 9.73. The summed E-state index contributed by atoms with van der Waals surface area (Å²) in [5, 5.41) is 11.5. The number of nitrogens with zero attached hydrogens (tertiary/aromatic N) is 1. The lowest BCUT2D eigenvalue weighted by Gasteiger charge is -2.00. The molecule has 0 aliphatic heterocycles. The van der Waals surface area contributed by atoms with Crippen molar-refractivity contribution in [2.24, 2.45) is 0 Å². The van der Waals surface area contributed by atoms with Gasteiger partial charge >= 0.3 is 0 Å². The average molecular weight is 235 g/mol. The summed E-state index contributed by atoms with van der Waals surface area (Å²) in [4.78, 5) is 10.3. The van der Waals surface area contributed by atoms with E-state index < -0.39 is 4.92 Å². The molecule has 0 fully saturated rings. The Morgan fingerprint density at radius 3 is 2.76 bits per heavy atom. The molecule has 0 bridgehead atoms. The van der Waals surface area contributed by atoms with E-state index in [1.54, 1.807) is 0 Å². The summed E-state index contributed by atoms with van der Waals surface area (Å²) in [6.45, 7) is 2.05. The van der Waals surface area contributed by atoms with Gasteiger partial charge in [0.1, 0.15) is 5.76 Å². The highest BCUT2D eigenvalue weighted by molar-refractivity contribution is 5.86. The normalized spacial score (nSPS) is 10.7. The van der Waals surface area contributed by atoms with Gasteiger partial charge in [0.15, 0.2) is 11.3 Å². The van der Waals surface area contributed by atoms with Crippen LogP contribution in [0.15, 0.2) is 22.6 Å². The Morgan fingerprint density at radius 2 is 2.18 bits per heavy atom. The van der Waals surface area contributed by atoms with Crippen LogP contribution in [0.3, 0.4) is 0 Å². The fraction of sp³-hybridized carbons (Fsp3) is 0.333. The van der Waals surface area contributed by atoms with E-state index in [1.807, 2.05) is 13.0 Å². The van der Waals surface area contributed by atoms with E-state index in [9.17, 15) is 10.1 Å². The van der Waals surface area contributed by atoms with Gasteiger partial charge < -0.3 is 9.15 Å². The Bertz CT molecular complexity index is 559. The lowest BCUT2D eigenvalue weighted by atomic mass is 10.2. The molecule has 0 radical (unpaired) electrons. The smallest absolute Gasteiger partial charge is 0.274 e. The minimum atomic E-state index is -0.436. The van der Waals surface area contributed by atoms with Gasteiger partial charge in [-0.15, -0.1) is 0 Å². The predicted octanol–water partition coefficient (Wildman–Crippen LogP) is 3.30. The lowest BCUT2D eigenvalue weighted by Crippen LogP contribution is -1.90. The first kappa shape index (κ1) is 11.4. The molecule has 1 aromatic carbocycles. The SMILES string of the molecule is CCCc1cc2cc([N+](=O)[O-])cc(OC)c2o1. The monoisotopic (exact) mass is 235 g/mol. The molecule has 0 aliphatic rings. The van der Waals surface area contributed by atoms with E-state index in [0.29, 0.717) is 16.7 Å². The van der Waals surface area contributed by atoms with Crippen LogP contribution in [0.2, 0.25) is 0 Å². The van der Waals surface area contributed by atoms with Gasteiger partial charge in [-0.25, -0.2) is 0 Å². The van der Waals surface area contributed by atoms with Crippen LogP contribution in [-0.2, 0) is 6.42 Å². The fourth-order valence-electron chi connectivity index (χ4n) is 1.79. The van der Waals surface area contributed by atoms with Crippen LogP contribution in [0.25, 0.3) is 11.0 Å². The van der Waals surface area contributed by atoms with Crippen molar-refractivity contribution >= 4 is 16.7 Å². The van der Waals surface area contributed by atoms with E-state index in [-0.39, 0.29) is 5.69 Å². The van der Waals surface area contributed by atoms with E-state index >= 15 is 0 Å². The number of rotatable bonds is 4. The maximum Gasteiger partial charge on any atom is 0.274 e. The zero-order valence-electron chi connectivity index (χ0n) is 9.73. The van der Waals surface area contributed by atoms with Crippen molar-refractivity contribution in [1.29, 1.82) is 0 Å². The van der Waals surface area contributed by atoms with Crippen molar-refractivity contribution in [1.82, 2.24) is 0 Å². The van der Waals surface area contributed by atoms with Gasteiger partial charge in [-0.1, -0.05) is 6.92 Å². The van der Waals surface area contributed by atoms with Crippen molar-refractivity contribution in [2.75, 3.05) is 7.11 Å². The molecule has 90 valence electrons. The number of hydrogen-bond acceptors (Lipinski definition) is 4. The fourth-order valence-corrected chi connectivity index (χ4v) is 1.79. The maximum atomic E-state index is 10.8. The van der Waals surface area contributed by atoms with Crippen molar-refractivity contribution in [2.45, 2.75) is 19.8 Å². The highest BCUT2D eigenvalue weighted by Crippen LogP contribution is 2.33. The average Bonchev–Trinajstić information content (AvgIpc) is 2.70. The van der Waals surface area contributed by atoms with E-state index in [2.05, 4.69) is 0 Å². The number of methoxy groups -OCH3 is 1. The summed E-state index contributed by atoms with van der Waals surface area (Å²) in [6.07, 6.45) is 1.77. The molecule has 1 heterocycles. The van der Waals surface area contributed by atoms with Gasteiger partial charge in [-0.05, 0) is 12.5 Å². The summed E-state index contributed by atoms with van der Waals surface area (Å²) in [7, 11) is 1.47. The Balaban J connectivity index is 2.60. The molecule has 0 atom stereocenters. The van der Waals surface area contributed by atoms with E-state index in [0.717, 1.165) is 18.6 Å². The molecular formula is C12H13NO4. The third-order valence-electron chi connectivity index (χ3n) is 2.55. The van der Waals surface area contributed by atoms with Crippen LogP contribution in [0.5, 0.6) is 5.75 Å². The third-order valence-corrected chi connectivity index (χ3v) is 2.55. The molecule has 0 saturated heterocycles. The quantitative estimate of drug-likeness (QED) is 0.602. The Hall–Kier alpha value is -2.04. The molecule has 2 rings (SSSR count). The first-order chi connectivity index (χ1) is 8.15. The third kappa shape index (κ3) is 2.08. The largest absolute Gasteiger partial charge is 0.493 e. The number of fused-ring (bicyclic) bond motifs is 1. The minimum absolute atomic E-state index is 0.0122. The molecule has 17 heavy (non-hydrogen) atoms. The standard InChI is InChI=1S/C12H13NO4/c1-3-4-10-6-8-5-9(13(14)15)7-11(16-2)12(8)17-10/h5-7H,3-4H2,1-2H3. The molecular weight excluding hydrogens is 222 g/mol. The predicted molar refractivity (Wildman–Crippen MR) is 63.4 cm³/mol. The molecule has 2 aromatic rings. The summed E-state index contributed by atoms with van der Waals surface area (Å²) >= 11 is 0. The second kappa shape index (κ2) is 4.45. The first-order valence-corrected chi connectivity index (χ1v) is 5.40. The molecule has 5 heteroatoms. The number of aryl methyl sites for hydroxylation is 1. The van der Waals surface area contributed by atoms with Crippen LogP contribution in [0, 0.1) is 10.1 Å². The van der Waals surface area contributed by atoms with E-state index in [4.69, 9.17) is 9.15 Å². The van der Waals surface area contributed by atoms with Crippen LogP contribution in [0.1, 0.15) is 19.1 Å². The minimum Gasteiger partial charge on any atom is -0.493 e. The Morgan fingerprint density at radius 1 is 1.41 bits per heavy atom. The number of nitro groups is 1. The topological polar surface area (TPSA) is 65.5 Å². The second-order valence-electron chi connectivity index (χ2n) is 3.79. The maximum absolute atomic E-state index is 10.8. The molecule has 0 N–H and O–H groups in total. The summed E-state index contributed by atoms with van der Waals surface area (Å²) in [5.74, 6) is 1.22. The number of benzene rings is 1. The zero-order chi connectivity index (χ0) is 12.4. The van der Waals surface area contributed by atoms with Gasteiger partial charge in [0.05, 0.1) is 18.1 Å². The molecule has 0 amide bonds. The van der Waals surface area contributed by atoms with Gasteiger partial charge in [0.2, 0.25) is 0 Å². The Kier molecular flexibility index (Phi) is 2.99. The van der Waals surface area contributed by atoms with Gasteiger partial charge in [0.25, 0.3) is 5.69 Å². The number of ether oxygens (including phenoxy) is 1. The number of furan rings is 1. The molecule has 0 unspecified atom stereocenters. The van der Waals surface area contributed by atoms with Crippen molar-refractivity contribution in [3.8, 4) is 5.75 Å². The van der Waals surface area contributed by atoms with Crippen molar-refractivity contribution in [3.05, 3.63) is 34.1 Å². The summed E-state index contributed by atoms with van der Waals surface area (Å²) < 4.78 is 10.7. The van der Waals surface area contributed by atoms with Crippen LogP contribution >= 0.6 is 0 Å². The Labute approximate surface area is 98.1 Å². The van der Waals surface area contributed by atoms with Crippen LogP contribution in [-0.4, -0.2) is 12.0 Å². The van der Waals surface area contributed by atoms with Gasteiger partial charge in [-0.3, -0.25) is 10.1 Å².